The number of aromatic nitrogens is 4. The van der Waals surface area contributed by atoms with Gasteiger partial charge in [0.15, 0.2) is 11.5 Å². The summed E-state index contributed by atoms with van der Waals surface area (Å²) in [5, 5.41) is 27.1. The van der Waals surface area contributed by atoms with Gasteiger partial charge in [0.25, 0.3) is 11.8 Å². The largest absolute Gasteiger partial charge is 0.488 e. The minimum absolute atomic E-state index is 0.352. The molecule has 11 rings (SSSR count). The summed E-state index contributed by atoms with van der Waals surface area (Å²) in [5.74, 6) is 2.72. The second-order valence-corrected chi connectivity index (χ2v) is 32.6. The summed E-state index contributed by atoms with van der Waals surface area (Å²) in [7, 11) is -4.25. The number of thiophene rings is 1. The summed E-state index contributed by atoms with van der Waals surface area (Å²) in [6.07, 6.45) is 26.3. The molecule has 478 valence electrons. The number of hydrogen-bond donors (Lipinski definition) is 0. The Kier molecular flexibility index (Phi) is 25.0. The molecular weight excluding hydrogens is 1200 g/mol. The summed E-state index contributed by atoms with van der Waals surface area (Å²) in [5.41, 5.74) is 4.13. The van der Waals surface area contributed by atoms with E-state index in [2.05, 4.69) is 244 Å². The fraction of sp³-hybridized carbons (Fsp3) is 0.317. The molecule has 0 atom stereocenters. The summed E-state index contributed by atoms with van der Waals surface area (Å²) in [6.45, 7) is 5.59. The van der Waals surface area contributed by atoms with Gasteiger partial charge in [0.1, 0.15) is 56.1 Å². The topological polar surface area (TPSA) is 96.3 Å². The third kappa shape index (κ3) is 17.1. The molecule has 0 radical (unpaired) electrons. The molecule has 0 unspecified atom stereocenters. The maximum Gasteiger partial charge on any atom is 0.262 e. The number of unbranched alkanes of at least 4 members (excludes halogenated alkanes) is 18. The molecule has 0 spiro atoms. The second-order valence-electron chi connectivity index (χ2n) is 24.6. The van der Waals surface area contributed by atoms with Crippen molar-refractivity contribution in [3.63, 3.8) is 0 Å². The van der Waals surface area contributed by atoms with Crippen molar-refractivity contribution in [1.82, 2.24) is 20.4 Å². The van der Waals surface area contributed by atoms with Crippen LogP contribution in [-0.2, 0) is 12.3 Å². The number of benzene rings is 8. The minimum Gasteiger partial charge on any atom is -0.488 e. The van der Waals surface area contributed by atoms with E-state index in [0.29, 0.717) is 58.0 Å². The van der Waals surface area contributed by atoms with Gasteiger partial charge in [-0.1, -0.05) is 263 Å². The highest BCUT2D eigenvalue weighted by Crippen LogP contribution is 2.60. The van der Waals surface area contributed by atoms with Crippen LogP contribution in [0.4, 0.5) is 0 Å². The first-order valence-corrected chi connectivity index (χ1v) is 39.2. The number of ether oxygens (including phenoxy) is 2. The number of hydrogen-bond acceptors (Lipinski definition) is 9. The average molecular weight is 1290 g/mol. The van der Waals surface area contributed by atoms with E-state index in [4.69, 9.17) is 38.7 Å². The molecule has 3 heterocycles. The molecule has 0 saturated carbocycles. The lowest BCUT2D eigenvalue weighted by atomic mass is 10.1. The van der Waals surface area contributed by atoms with Gasteiger partial charge in [0.2, 0.25) is 11.8 Å². The van der Waals surface area contributed by atoms with Crippen molar-refractivity contribution in [2.24, 2.45) is 0 Å². The van der Waals surface area contributed by atoms with E-state index in [1.165, 1.54) is 157 Å². The molecule has 93 heavy (non-hydrogen) atoms. The van der Waals surface area contributed by atoms with Crippen molar-refractivity contribution < 1.29 is 18.3 Å². The minimum atomic E-state index is -2.13. The fourth-order valence-electron chi connectivity index (χ4n) is 12.9. The quantitative estimate of drug-likeness (QED) is 0.0279. The zero-order valence-corrected chi connectivity index (χ0v) is 57.2. The van der Waals surface area contributed by atoms with Crippen LogP contribution in [0.3, 0.4) is 0 Å². The van der Waals surface area contributed by atoms with Crippen molar-refractivity contribution in [2.45, 2.75) is 155 Å². The van der Waals surface area contributed by atoms with Crippen molar-refractivity contribution in [3.05, 3.63) is 242 Å². The van der Waals surface area contributed by atoms with Gasteiger partial charge >= 0.3 is 0 Å². The molecule has 11 aromatic rings. The van der Waals surface area contributed by atoms with E-state index in [0.717, 1.165) is 49.1 Å². The molecular formula is C82H92N4O4P2S+2. The monoisotopic (exact) mass is 1290 g/mol. The van der Waals surface area contributed by atoms with E-state index >= 15 is 0 Å². The van der Waals surface area contributed by atoms with Crippen LogP contribution in [0.25, 0.3) is 44.4 Å². The Hall–Kier alpha value is -7.80. The lowest BCUT2D eigenvalue weighted by molar-refractivity contribution is 0.261. The normalized spacial score (nSPS) is 11.7. The van der Waals surface area contributed by atoms with Crippen molar-refractivity contribution in [2.75, 3.05) is 13.2 Å². The van der Waals surface area contributed by atoms with E-state index < -0.39 is 14.5 Å². The Bertz CT molecular complexity index is 3450. The Labute approximate surface area is 558 Å². The summed E-state index contributed by atoms with van der Waals surface area (Å²) in [4.78, 5) is 1.36. The standard InChI is InChI=1S/C82H92N4O4P2S/c1-3-5-7-9-11-13-15-17-19-39-61-87-75-76(88-62-40-20-18-16-14-12-10-8-6-4-2)78(82-86-84-80(90-82)68-59-55-66(56-60-68)64-92(72-47-33-24-34-48-72,73-49-35-25-36-50-73)74-51-37-26-38-52-74)93-77(75)81-85-83-79(89-81)67-57-53-65(54-58-67)63-91(69-41-27-21-28-42-69,70-43-29-22-30-44-70)71-45-31-23-32-46-71/h21-38,41-60H,3-20,39-40,61-64H2,1-2H3/q+2. The maximum absolute atomic E-state index is 6.95. The first-order valence-electron chi connectivity index (χ1n) is 34.5. The van der Waals surface area contributed by atoms with E-state index in [1.807, 2.05) is 0 Å². The van der Waals surface area contributed by atoms with Crippen molar-refractivity contribution >= 4 is 57.7 Å². The summed E-state index contributed by atoms with van der Waals surface area (Å²) in [6, 6.07) is 83.6. The first-order chi connectivity index (χ1) is 46.1. The van der Waals surface area contributed by atoms with Gasteiger partial charge < -0.3 is 18.3 Å². The molecule has 0 N–H and O–H groups in total. The number of nitrogens with zero attached hydrogens (tertiary/aromatic N) is 4. The van der Waals surface area contributed by atoms with Gasteiger partial charge in [-0.05, 0) is 121 Å². The van der Waals surface area contributed by atoms with Crippen LogP contribution < -0.4 is 41.3 Å². The van der Waals surface area contributed by atoms with E-state index in [-0.39, 0.29) is 0 Å². The van der Waals surface area contributed by atoms with Gasteiger partial charge in [0.05, 0.1) is 25.5 Å². The molecule has 0 aliphatic carbocycles. The molecule has 0 aliphatic rings. The smallest absolute Gasteiger partial charge is 0.262 e. The van der Waals surface area contributed by atoms with Gasteiger partial charge in [-0.2, -0.15) is 0 Å². The Morgan fingerprint density at radius 2 is 0.538 bits per heavy atom. The Morgan fingerprint density at radius 3 is 0.806 bits per heavy atom. The van der Waals surface area contributed by atoms with E-state index in [9.17, 15) is 0 Å². The van der Waals surface area contributed by atoms with Gasteiger partial charge in [-0.15, -0.1) is 31.7 Å². The molecule has 0 fully saturated rings. The lowest BCUT2D eigenvalue weighted by Crippen LogP contribution is -2.32. The summed E-state index contributed by atoms with van der Waals surface area (Å²) >= 11 is 1.44. The Morgan fingerprint density at radius 1 is 0.290 bits per heavy atom. The molecule has 0 saturated heterocycles. The van der Waals surface area contributed by atoms with Gasteiger partial charge in [-0.3, -0.25) is 0 Å². The average Bonchev–Trinajstić information content (AvgIpc) is 1.84. The number of rotatable bonds is 38. The highest BCUT2D eigenvalue weighted by molar-refractivity contribution is 7.95. The van der Waals surface area contributed by atoms with Gasteiger partial charge in [-0.25, -0.2) is 0 Å². The summed E-state index contributed by atoms with van der Waals surface area (Å²) < 4.78 is 27.4. The second kappa shape index (κ2) is 34.9. The van der Waals surface area contributed by atoms with Crippen LogP contribution in [0, 0.1) is 0 Å². The Balaban J connectivity index is 0.895. The van der Waals surface area contributed by atoms with Crippen LogP contribution in [0.2, 0.25) is 0 Å². The zero-order valence-electron chi connectivity index (χ0n) is 54.6. The molecule has 8 aromatic carbocycles. The maximum atomic E-state index is 6.95. The molecule has 0 bridgehead atoms. The fourth-order valence-corrected chi connectivity index (χ4v) is 22.4. The zero-order chi connectivity index (χ0) is 63.6. The van der Waals surface area contributed by atoms with Crippen LogP contribution >= 0.6 is 25.9 Å². The van der Waals surface area contributed by atoms with Crippen LogP contribution in [0.1, 0.15) is 153 Å². The van der Waals surface area contributed by atoms with Crippen molar-refractivity contribution in [1.29, 1.82) is 0 Å². The third-order valence-electron chi connectivity index (χ3n) is 18.0. The molecule has 0 amide bonds. The van der Waals surface area contributed by atoms with Crippen molar-refractivity contribution in [3.8, 4) is 55.9 Å². The predicted octanol–water partition coefficient (Wildman–Crippen LogP) is 20.8. The van der Waals surface area contributed by atoms with E-state index in [1.54, 1.807) is 0 Å². The van der Waals surface area contributed by atoms with Gasteiger partial charge in [0, 0.05) is 11.1 Å². The third-order valence-corrected chi connectivity index (χ3v) is 27.9. The predicted molar refractivity (Wildman–Crippen MR) is 394 cm³/mol. The SMILES string of the molecule is CCCCCCCCCCCCOc1c(-c2nnc(-c3ccc(C[P+](c4ccccc4)(c4ccccc4)c4ccccc4)cc3)o2)sc(-c2nnc(-c3ccc(C[P+](c4ccccc4)(c4ccccc4)c4ccccc4)cc3)o2)c1OCCCCCCCCCCCC. The molecule has 0 aliphatic heterocycles. The van der Waals surface area contributed by atoms with Crippen LogP contribution in [0.5, 0.6) is 11.5 Å². The molecule has 8 nitrogen and oxygen atoms in total. The molecule has 11 heteroatoms. The van der Waals surface area contributed by atoms with Crippen LogP contribution in [-0.4, -0.2) is 33.6 Å². The first kappa shape index (κ1) is 66.6. The van der Waals surface area contributed by atoms with Crippen LogP contribution in [0.15, 0.2) is 239 Å². The highest BCUT2D eigenvalue weighted by atomic mass is 32.1. The highest BCUT2D eigenvalue weighted by Gasteiger charge is 2.47. The molecule has 3 aromatic heterocycles. The lowest BCUT2D eigenvalue weighted by Gasteiger charge is -2.27.